The van der Waals surface area contributed by atoms with Gasteiger partial charge in [-0.2, -0.15) is 0 Å². The lowest BCUT2D eigenvalue weighted by Crippen LogP contribution is -2.17. The third-order valence-corrected chi connectivity index (χ3v) is 2.53. The standard InChI is InChI=1S/C10H16N2O2S/c1-5-6-14-9(13)7-8(10(2,3)4)11-12-15-7/h5-6H2,1-4H3. The molecule has 1 rings (SSSR count). The summed E-state index contributed by atoms with van der Waals surface area (Å²) in [5.74, 6) is -0.309. The monoisotopic (exact) mass is 228 g/mol. The van der Waals surface area contributed by atoms with Crippen LogP contribution in [0, 0.1) is 0 Å². The molecule has 0 spiro atoms. The van der Waals surface area contributed by atoms with E-state index in [1.54, 1.807) is 0 Å². The zero-order valence-electron chi connectivity index (χ0n) is 9.53. The second kappa shape index (κ2) is 4.70. The van der Waals surface area contributed by atoms with Gasteiger partial charge in [0.1, 0.15) is 0 Å². The zero-order valence-corrected chi connectivity index (χ0v) is 10.3. The number of ether oxygens (including phenoxy) is 1. The van der Waals surface area contributed by atoms with Crippen LogP contribution < -0.4 is 0 Å². The van der Waals surface area contributed by atoms with Crippen molar-refractivity contribution in [2.75, 3.05) is 6.61 Å². The SMILES string of the molecule is CCCOC(=O)c1snnc1C(C)(C)C. The maximum atomic E-state index is 11.6. The first-order chi connectivity index (χ1) is 6.96. The predicted molar refractivity (Wildman–Crippen MR) is 59.2 cm³/mol. The van der Waals surface area contributed by atoms with Gasteiger partial charge in [-0.15, -0.1) is 5.10 Å². The van der Waals surface area contributed by atoms with Crippen LogP contribution in [0.1, 0.15) is 49.5 Å². The summed E-state index contributed by atoms with van der Waals surface area (Å²) in [5.41, 5.74) is 0.543. The van der Waals surface area contributed by atoms with Gasteiger partial charge < -0.3 is 4.74 Å². The number of carbonyl (C=O) groups excluding carboxylic acids is 1. The molecule has 4 nitrogen and oxygen atoms in total. The van der Waals surface area contributed by atoms with Crippen LogP contribution in [0.25, 0.3) is 0 Å². The van der Waals surface area contributed by atoms with Crippen LogP contribution in [0.15, 0.2) is 0 Å². The Hall–Kier alpha value is -0.970. The Morgan fingerprint density at radius 2 is 2.13 bits per heavy atom. The second-order valence-electron chi connectivity index (χ2n) is 4.34. The minimum absolute atomic E-state index is 0.173. The quantitative estimate of drug-likeness (QED) is 0.745. The first kappa shape index (κ1) is 12.1. The van der Waals surface area contributed by atoms with Gasteiger partial charge in [0.2, 0.25) is 0 Å². The molecule has 0 radical (unpaired) electrons. The number of nitrogens with zero attached hydrogens (tertiary/aromatic N) is 2. The minimum Gasteiger partial charge on any atom is -0.461 e. The van der Waals surface area contributed by atoms with E-state index in [4.69, 9.17) is 4.74 Å². The number of hydrogen-bond acceptors (Lipinski definition) is 5. The first-order valence-electron chi connectivity index (χ1n) is 4.96. The van der Waals surface area contributed by atoms with E-state index in [0.29, 0.717) is 17.2 Å². The molecule has 0 aliphatic rings. The summed E-state index contributed by atoms with van der Waals surface area (Å²) in [5, 5.41) is 3.98. The van der Waals surface area contributed by atoms with Gasteiger partial charge in [-0.1, -0.05) is 32.2 Å². The maximum absolute atomic E-state index is 11.6. The molecule has 1 aromatic heterocycles. The Kier molecular flexibility index (Phi) is 3.79. The second-order valence-corrected chi connectivity index (χ2v) is 5.09. The van der Waals surface area contributed by atoms with E-state index < -0.39 is 0 Å². The lowest BCUT2D eigenvalue weighted by molar-refractivity contribution is 0.0508. The molecule has 0 atom stereocenters. The predicted octanol–water partition coefficient (Wildman–Crippen LogP) is 2.40. The van der Waals surface area contributed by atoms with Crippen LogP contribution in [0.4, 0.5) is 0 Å². The number of esters is 1. The van der Waals surface area contributed by atoms with Crippen LogP contribution in [0.5, 0.6) is 0 Å². The van der Waals surface area contributed by atoms with E-state index in [2.05, 4.69) is 9.59 Å². The highest BCUT2D eigenvalue weighted by Gasteiger charge is 2.26. The van der Waals surface area contributed by atoms with Crippen molar-refractivity contribution in [2.45, 2.75) is 39.5 Å². The summed E-state index contributed by atoms with van der Waals surface area (Å²) in [7, 11) is 0. The lowest BCUT2D eigenvalue weighted by Gasteiger charge is -2.15. The Balaban J connectivity index is 2.86. The molecule has 0 aliphatic carbocycles. The van der Waals surface area contributed by atoms with Crippen LogP contribution >= 0.6 is 11.5 Å². The number of aromatic nitrogens is 2. The van der Waals surface area contributed by atoms with Crippen molar-refractivity contribution in [3.63, 3.8) is 0 Å². The fourth-order valence-corrected chi connectivity index (χ4v) is 1.85. The van der Waals surface area contributed by atoms with E-state index in [0.717, 1.165) is 18.0 Å². The van der Waals surface area contributed by atoms with E-state index >= 15 is 0 Å². The molecule has 0 amide bonds. The Morgan fingerprint density at radius 3 is 2.67 bits per heavy atom. The van der Waals surface area contributed by atoms with E-state index in [-0.39, 0.29) is 11.4 Å². The summed E-state index contributed by atoms with van der Waals surface area (Å²) < 4.78 is 8.87. The summed E-state index contributed by atoms with van der Waals surface area (Å²) in [6.45, 7) is 8.41. The summed E-state index contributed by atoms with van der Waals surface area (Å²) in [6.07, 6.45) is 0.822. The Morgan fingerprint density at radius 1 is 1.47 bits per heavy atom. The molecular formula is C10H16N2O2S. The fraction of sp³-hybridized carbons (Fsp3) is 0.700. The minimum atomic E-state index is -0.309. The number of rotatable bonds is 3. The van der Waals surface area contributed by atoms with Crippen molar-refractivity contribution < 1.29 is 9.53 Å². The van der Waals surface area contributed by atoms with Crippen molar-refractivity contribution in [3.05, 3.63) is 10.6 Å². The highest BCUT2D eigenvalue weighted by molar-refractivity contribution is 7.07. The normalized spacial score (nSPS) is 11.5. The van der Waals surface area contributed by atoms with Gasteiger partial charge in [0.15, 0.2) is 4.88 Å². The molecule has 84 valence electrons. The topological polar surface area (TPSA) is 52.1 Å². The van der Waals surface area contributed by atoms with Gasteiger partial charge in [-0.05, 0) is 18.0 Å². The first-order valence-corrected chi connectivity index (χ1v) is 5.74. The number of carbonyl (C=O) groups is 1. The molecule has 1 aromatic rings. The average molecular weight is 228 g/mol. The molecule has 0 bridgehead atoms. The van der Waals surface area contributed by atoms with Crippen LogP contribution in [0.2, 0.25) is 0 Å². The lowest BCUT2D eigenvalue weighted by atomic mass is 9.91. The Labute approximate surface area is 93.8 Å². The summed E-state index contributed by atoms with van der Waals surface area (Å²) in [4.78, 5) is 12.2. The molecular weight excluding hydrogens is 212 g/mol. The van der Waals surface area contributed by atoms with Crippen LogP contribution in [-0.4, -0.2) is 22.2 Å². The molecule has 0 unspecified atom stereocenters. The molecule has 0 saturated carbocycles. The van der Waals surface area contributed by atoms with Crippen molar-refractivity contribution in [3.8, 4) is 0 Å². The smallest absolute Gasteiger partial charge is 0.351 e. The van der Waals surface area contributed by atoms with Crippen LogP contribution in [-0.2, 0) is 10.2 Å². The van der Waals surface area contributed by atoms with E-state index in [1.807, 2.05) is 27.7 Å². The fourth-order valence-electron chi connectivity index (χ4n) is 1.08. The van der Waals surface area contributed by atoms with E-state index in [9.17, 15) is 4.79 Å². The zero-order chi connectivity index (χ0) is 11.5. The van der Waals surface area contributed by atoms with Gasteiger partial charge in [0.05, 0.1) is 12.3 Å². The van der Waals surface area contributed by atoms with E-state index in [1.165, 1.54) is 0 Å². The van der Waals surface area contributed by atoms with Gasteiger partial charge >= 0.3 is 5.97 Å². The van der Waals surface area contributed by atoms with Crippen molar-refractivity contribution in [1.29, 1.82) is 0 Å². The van der Waals surface area contributed by atoms with Gasteiger partial charge in [-0.25, -0.2) is 4.79 Å². The highest BCUT2D eigenvalue weighted by atomic mass is 32.1. The highest BCUT2D eigenvalue weighted by Crippen LogP contribution is 2.26. The molecule has 0 N–H and O–H groups in total. The molecule has 0 aliphatic heterocycles. The molecule has 0 aromatic carbocycles. The molecule has 15 heavy (non-hydrogen) atoms. The van der Waals surface area contributed by atoms with Gasteiger partial charge in [0.25, 0.3) is 0 Å². The number of hydrogen-bond donors (Lipinski definition) is 0. The Bertz CT molecular complexity index is 341. The van der Waals surface area contributed by atoms with Crippen molar-refractivity contribution >= 4 is 17.5 Å². The van der Waals surface area contributed by atoms with Gasteiger partial charge in [-0.3, -0.25) is 0 Å². The third-order valence-electron chi connectivity index (χ3n) is 1.82. The molecule has 0 fully saturated rings. The third kappa shape index (κ3) is 2.99. The largest absolute Gasteiger partial charge is 0.461 e. The summed E-state index contributed by atoms with van der Waals surface area (Å²) >= 11 is 1.10. The molecule has 5 heteroatoms. The summed E-state index contributed by atoms with van der Waals surface area (Å²) in [6, 6.07) is 0. The van der Waals surface area contributed by atoms with Crippen molar-refractivity contribution in [1.82, 2.24) is 9.59 Å². The van der Waals surface area contributed by atoms with Gasteiger partial charge in [0, 0.05) is 5.41 Å². The molecule has 0 saturated heterocycles. The maximum Gasteiger partial charge on any atom is 0.351 e. The van der Waals surface area contributed by atoms with Crippen molar-refractivity contribution in [2.24, 2.45) is 0 Å². The average Bonchev–Trinajstić information content (AvgIpc) is 2.61. The van der Waals surface area contributed by atoms with Crippen LogP contribution in [0.3, 0.4) is 0 Å². The molecule has 1 heterocycles.